The number of carbonyl (C=O) groups is 2. The van der Waals surface area contributed by atoms with Gasteiger partial charge < -0.3 is 4.90 Å². The second kappa shape index (κ2) is 6.85. The summed E-state index contributed by atoms with van der Waals surface area (Å²) in [6, 6.07) is 4.63. The molecule has 2 amide bonds. The van der Waals surface area contributed by atoms with Gasteiger partial charge in [0.1, 0.15) is 0 Å². The van der Waals surface area contributed by atoms with E-state index in [2.05, 4.69) is 5.10 Å². The molecule has 3 rings (SSSR count). The maximum absolute atomic E-state index is 12.5. The van der Waals surface area contributed by atoms with Crippen LogP contribution in [-0.4, -0.2) is 47.1 Å². The number of hydrogen-bond donors (Lipinski definition) is 0. The largest absolute Gasteiger partial charge is 0.416 e. The van der Waals surface area contributed by atoms with E-state index in [1.165, 1.54) is 17.1 Å². The van der Waals surface area contributed by atoms with Crippen LogP contribution >= 0.6 is 0 Å². The summed E-state index contributed by atoms with van der Waals surface area (Å²) in [6.45, 7) is 1.03. The predicted molar refractivity (Wildman–Crippen MR) is 84.7 cm³/mol. The highest BCUT2D eigenvalue weighted by Crippen LogP contribution is 2.29. The Morgan fingerprint density at radius 3 is 2.56 bits per heavy atom. The minimum absolute atomic E-state index is 0.0792. The molecule has 2 aliphatic heterocycles. The molecule has 2 heterocycles. The molecule has 1 aromatic carbocycles. The number of hydrogen-bond acceptors (Lipinski definition) is 3. The maximum atomic E-state index is 12.5. The zero-order valence-electron chi connectivity index (χ0n) is 13.5. The summed E-state index contributed by atoms with van der Waals surface area (Å²) in [6.07, 6.45) is -0.892. The molecular weight excluding hydrogens is 335 g/mol. The van der Waals surface area contributed by atoms with Crippen molar-refractivity contribution in [1.82, 2.24) is 9.91 Å². The van der Waals surface area contributed by atoms with Crippen molar-refractivity contribution >= 4 is 18.0 Å². The van der Waals surface area contributed by atoms with Gasteiger partial charge in [0, 0.05) is 25.6 Å². The van der Waals surface area contributed by atoms with Crippen LogP contribution < -0.4 is 0 Å². The number of benzene rings is 1. The Balaban J connectivity index is 1.50. The normalized spacial score (nSPS) is 20.6. The molecule has 2 aliphatic rings. The molecule has 5 nitrogen and oxygen atoms in total. The van der Waals surface area contributed by atoms with Gasteiger partial charge >= 0.3 is 6.18 Å². The molecule has 1 atom stereocenters. The number of amides is 2. The van der Waals surface area contributed by atoms with Gasteiger partial charge in [-0.25, -0.2) is 5.01 Å². The van der Waals surface area contributed by atoms with Gasteiger partial charge in [-0.2, -0.15) is 18.3 Å². The molecular formula is C17H18F3N3O2. The molecule has 0 N–H and O–H groups in total. The molecule has 134 valence electrons. The lowest BCUT2D eigenvalue weighted by molar-refractivity contribution is -0.137. The number of halogens is 3. The van der Waals surface area contributed by atoms with Crippen molar-refractivity contribution in [2.45, 2.75) is 37.9 Å². The fourth-order valence-corrected chi connectivity index (χ4v) is 3.03. The van der Waals surface area contributed by atoms with Crippen LogP contribution in [-0.2, 0) is 22.2 Å². The molecule has 1 unspecified atom stereocenters. The van der Waals surface area contributed by atoms with Crippen LogP contribution in [0.3, 0.4) is 0 Å². The Kier molecular flexibility index (Phi) is 4.78. The average Bonchev–Trinajstić information content (AvgIpc) is 3.20. The number of rotatable bonds is 4. The lowest BCUT2D eigenvalue weighted by Crippen LogP contribution is -2.41. The first-order chi connectivity index (χ1) is 11.8. The predicted octanol–water partition coefficient (Wildman–Crippen LogP) is 2.46. The van der Waals surface area contributed by atoms with Gasteiger partial charge in [-0.05, 0) is 30.5 Å². The van der Waals surface area contributed by atoms with Crippen LogP contribution in [0, 0.1) is 0 Å². The van der Waals surface area contributed by atoms with Gasteiger partial charge in [-0.15, -0.1) is 0 Å². The fraction of sp³-hybridized carbons (Fsp3) is 0.471. The van der Waals surface area contributed by atoms with E-state index < -0.39 is 11.7 Å². The summed E-state index contributed by atoms with van der Waals surface area (Å²) in [4.78, 5) is 25.7. The lowest BCUT2D eigenvalue weighted by Gasteiger charge is -2.22. The molecule has 1 fully saturated rings. The number of carbonyl (C=O) groups excluding carboxylic acids is 2. The first-order valence-electron chi connectivity index (χ1n) is 8.14. The van der Waals surface area contributed by atoms with Crippen molar-refractivity contribution in [3.05, 3.63) is 35.4 Å². The number of aryl methyl sites for hydroxylation is 1. The zero-order chi connectivity index (χ0) is 18.0. The van der Waals surface area contributed by atoms with Gasteiger partial charge in [0.2, 0.25) is 11.8 Å². The van der Waals surface area contributed by atoms with E-state index >= 15 is 0 Å². The van der Waals surface area contributed by atoms with Crippen molar-refractivity contribution in [1.29, 1.82) is 0 Å². The summed E-state index contributed by atoms with van der Waals surface area (Å²) in [5.74, 6) is -0.124. The highest BCUT2D eigenvalue weighted by Gasteiger charge is 2.33. The SMILES string of the molecule is O=C(CCc1ccc(C(F)(F)F)cc1)N1CC(N2CCCC2=O)C=N1. The Labute approximate surface area is 143 Å². The Morgan fingerprint density at radius 2 is 1.96 bits per heavy atom. The number of alkyl halides is 3. The van der Waals surface area contributed by atoms with E-state index in [1.807, 2.05) is 0 Å². The minimum atomic E-state index is -4.36. The van der Waals surface area contributed by atoms with Crippen LogP contribution in [0.15, 0.2) is 29.4 Å². The number of hydrazone groups is 1. The molecule has 1 saturated heterocycles. The molecule has 0 aromatic heterocycles. The van der Waals surface area contributed by atoms with Crippen LogP contribution in [0.5, 0.6) is 0 Å². The summed E-state index contributed by atoms with van der Waals surface area (Å²) in [5.41, 5.74) is -0.0411. The highest BCUT2D eigenvalue weighted by atomic mass is 19.4. The smallest absolute Gasteiger partial charge is 0.333 e. The van der Waals surface area contributed by atoms with Crippen molar-refractivity contribution in [3.63, 3.8) is 0 Å². The van der Waals surface area contributed by atoms with E-state index in [4.69, 9.17) is 0 Å². The number of likely N-dealkylation sites (tertiary alicyclic amines) is 1. The van der Waals surface area contributed by atoms with E-state index in [1.54, 1.807) is 11.1 Å². The van der Waals surface area contributed by atoms with E-state index in [-0.39, 0.29) is 24.3 Å². The molecule has 0 bridgehead atoms. The van der Waals surface area contributed by atoms with E-state index in [0.717, 1.165) is 18.6 Å². The Bertz CT molecular complexity index is 685. The van der Waals surface area contributed by atoms with Crippen LogP contribution in [0.25, 0.3) is 0 Å². The van der Waals surface area contributed by atoms with Crippen molar-refractivity contribution in [2.75, 3.05) is 13.1 Å². The van der Waals surface area contributed by atoms with E-state index in [0.29, 0.717) is 31.5 Å². The van der Waals surface area contributed by atoms with Crippen molar-refractivity contribution in [3.8, 4) is 0 Å². The molecule has 8 heteroatoms. The monoisotopic (exact) mass is 353 g/mol. The van der Waals surface area contributed by atoms with Gasteiger partial charge in [-0.3, -0.25) is 9.59 Å². The third kappa shape index (κ3) is 4.00. The van der Waals surface area contributed by atoms with Gasteiger partial charge in [0.05, 0.1) is 18.2 Å². The molecule has 1 aromatic rings. The van der Waals surface area contributed by atoms with Gasteiger partial charge in [-0.1, -0.05) is 12.1 Å². The fourth-order valence-electron chi connectivity index (χ4n) is 3.03. The lowest BCUT2D eigenvalue weighted by atomic mass is 10.1. The maximum Gasteiger partial charge on any atom is 0.416 e. The topological polar surface area (TPSA) is 53.0 Å². The number of nitrogens with zero attached hydrogens (tertiary/aromatic N) is 3. The second-order valence-corrected chi connectivity index (χ2v) is 6.19. The molecule has 0 radical (unpaired) electrons. The second-order valence-electron chi connectivity index (χ2n) is 6.19. The highest BCUT2D eigenvalue weighted by molar-refractivity contribution is 5.85. The molecule has 0 saturated carbocycles. The quantitative estimate of drug-likeness (QED) is 0.835. The first-order valence-corrected chi connectivity index (χ1v) is 8.14. The third-order valence-corrected chi connectivity index (χ3v) is 4.45. The summed E-state index contributed by atoms with van der Waals surface area (Å²) in [5, 5.41) is 5.40. The summed E-state index contributed by atoms with van der Waals surface area (Å²) < 4.78 is 37.6. The first kappa shape index (κ1) is 17.4. The van der Waals surface area contributed by atoms with Crippen molar-refractivity contribution in [2.24, 2.45) is 5.10 Å². The minimum Gasteiger partial charge on any atom is -0.333 e. The molecule has 0 aliphatic carbocycles. The van der Waals surface area contributed by atoms with Crippen molar-refractivity contribution < 1.29 is 22.8 Å². The third-order valence-electron chi connectivity index (χ3n) is 4.45. The summed E-state index contributed by atoms with van der Waals surface area (Å²) >= 11 is 0. The van der Waals surface area contributed by atoms with Crippen LogP contribution in [0.1, 0.15) is 30.4 Å². The van der Waals surface area contributed by atoms with Crippen LogP contribution in [0.4, 0.5) is 13.2 Å². The Hall–Kier alpha value is -2.38. The van der Waals surface area contributed by atoms with Gasteiger partial charge in [0.15, 0.2) is 0 Å². The summed E-state index contributed by atoms with van der Waals surface area (Å²) in [7, 11) is 0. The van der Waals surface area contributed by atoms with Gasteiger partial charge in [0.25, 0.3) is 0 Å². The Morgan fingerprint density at radius 1 is 1.24 bits per heavy atom. The van der Waals surface area contributed by atoms with Crippen LogP contribution in [0.2, 0.25) is 0 Å². The molecule has 0 spiro atoms. The molecule has 25 heavy (non-hydrogen) atoms. The standard InChI is InChI=1S/C17H18F3N3O2/c18-17(19,20)13-6-3-12(4-7-13)5-8-16(25)23-11-14(10-21-23)22-9-1-2-15(22)24/h3-4,6-7,10,14H,1-2,5,8-9,11H2. The van der Waals surface area contributed by atoms with E-state index in [9.17, 15) is 22.8 Å². The average molecular weight is 353 g/mol. The zero-order valence-corrected chi connectivity index (χ0v) is 13.5.